The highest BCUT2D eigenvalue weighted by molar-refractivity contribution is 6.09. The first-order chi connectivity index (χ1) is 13.8. The molecule has 0 radical (unpaired) electrons. The van der Waals surface area contributed by atoms with E-state index in [9.17, 15) is 23.2 Å². The third-order valence-corrected chi connectivity index (χ3v) is 3.74. The van der Waals surface area contributed by atoms with Crippen molar-refractivity contribution >= 4 is 23.5 Å². The molecule has 2 aromatic rings. The average Bonchev–Trinajstić information content (AvgIpc) is 2.72. The molecule has 0 heterocycles. The maximum atomic E-state index is 12.6. The molecule has 29 heavy (non-hydrogen) atoms. The molecule has 0 atom stereocenters. The molecule has 0 unspecified atom stereocenters. The third kappa shape index (κ3) is 5.18. The number of amides is 1. The lowest BCUT2D eigenvalue weighted by Crippen LogP contribution is -2.17. The Morgan fingerprint density at radius 3 is 2.10 bits per heavy atom. The summed E-state index contributed by atoms with van der Waals surface area (Å²) in [5, 5.41) is 2.48. The highest BCUT2D eigenvalue weighted by atomic mass is 19.3. The quantitative estimate of drug-likeness (QED) is 0.702. The molecule has 1 N–H and O–H groups in total. The van der Waals surface area contributed by atoms with Crippen LogP contribution in [0.25, 0.3) is 0 Å². The van der Waals surface area contributed by atoms with E-state index in [-0.39, 0.29) is 33.9 Å². The van der Waals surface area contributed by atoms with Gasteiger partial charge < -0.3 is 24.3 Å². The van der Waals surface area contributed by atoms with Gasteiger partial charge in [0.25, 0.3) is 5.91 Å². The Hall–Kier alpha value is -3.69. The number of anilines is 1. The number of carbonyl (C=O) groups is 3. The van der Waals surface area contributed by atoms with Crippen molar-refractivity contribution in [3.63, 3.8) is 0 Å². The molecule has 0 saturated heterocycles. The van der Waals surface area contributed by atoms with E-state index in [4.69, 9.17) is 4.74 Å². The molecule has 0 aliphatic carbocycles. The Balaban J connectivity index is 2.38. The molecular weight excluding hydrogens is 392 g/mol. The van der Waals surface area contributed by atoms with Gasteiger partial charge in [-0.05, 0) is 36.4 Å². The number of hydrogen-bond donors (Lipinski definition) is 1. The summed E-state index contributed by atoms with van der Waals surface area (Å²) in [5.74, 6) is -2.45. The fourth-order valence-electron chi connectivity index (χ4n) is 2.38. The van der Waals surface area contributed by atoms with Crippen LogP contribution >= 0.6 is 0 Å². The normalized spacial score (nSPS) is 10.3. The molecule has 8 nitrogen and oxygen atoms in total. The Bertz CT molecular complexity index is 931. The van der Waals surface area contributed by atoms with Gasteiger partial charge in [0.15, 0.2) is 11.5 Å². The highest BCUT2D eigenvalue weighted by Crippen LogP contribution is 2.30. The number of alkyl halides is 2. The summed E-state index contributed by atoms with van der Waals surface area (Å²) in [4.78, 5) is 36.3. The number of rotatable bonds is 7. The van der Waals surface area contributed by atoms with Crippen molar-refractivity contribution in [2.75, 3.05) is 26.6 Å². The van der Waals surface area contributed by atoms with E-state index in [1.807, 2.05) is 0 Å². The van der Waals surface area contributed by atoms with Crippen LogP contribution in [0.1, 0.15) is 31.1 Å². The number of esters is 2. The van der Waals surface area contributed by atoms with E-state index in [0.29, 0.717) is 0 Å². The number of hydrogen-bond acceptors (Lipinski definition) is 7. The second-order valence-corrected chi connectivity index (χ2v) is 5.44. The van der Waals surface area contributed by atoms with E-state index < -0.39 is 24.5 Å². The summed E-state index contributed by atoms with van der Waals surface area (Å²) in [6.45, 7) is -3.06. The summed E-state index contributed by atoms with van der Waals surface area (Å²) >= 11 is 0. The van der Waals surface area contributed by atoms with Crippen molar-refractivity contribution < 1.29 is 42.1 Å². The van der Waals surface area contributed by atoms with E-state index in [2.05, 4.69) is 19.5 Å². The van der Waals surface area contributed by atoms with Crippen LogP contribution in [-0.4, -0.2) is 45.8 Å². The van der Waals surface area contributed by atoms with Gasteiger partial charge in [0.05, 0.1) is 38.1 Å². The fourth-order valence-corrected chi connectivity index (χ4v) is 2.38. The van der Waals surface area contributed by atoms with E-state index in [1.54, 1.807) is 0 Å². The van der Waals surface area contributed by atoms with Crippen LogP contribution in [0.3, 0.4) is 0 Å². The van der Waals surface area contributed by atoms with Gasteiger partial charge in [-0.2, -0.15) is 8.78 Å². The van der Waals surface area contributed by atoms with Crippen LogP contribution < -0.4 is 14.8 Å². The van der Waals surface area contributed by atoms with Gasteiger partial charge in [0.2, 0.25) is 0 Å². The van der Waals surface area contributed by atoms with Crippen LogP contribution in [0.15, 0.2) is 36.4 Å². The summed E-state index contributed by atoms with van der Waals surface area (Å²) in [5.41, 5.74) is 0.117. The van der Waals surface area contributed by atoms with Gasteiger partial charge in [0.1, 0.15) is 0 Å². The predicted molar refractivity (Wildman–Crippen MR) is 96.7 cm³/mol. The molecule has 0 aliphatic rings. The van der Waals surface area contributed by atoms with Crippen LogP contribution in [0.5, 0.6) is 11.5 Å². The maximum Gasteiger partial charge on any atom is 0.387 e. The minimum atomic E-state index is -3.06. The van der Waals surface area contributed by atoms with Crippen molar-refractivity contribution in [3.05, 3.63) is 53.1 Å². The van der Waals surface area contributed by atoms with E-state index >= 15 is 0 Å². The van der Waals surface area contributed by atoms with Gasteiger partial charge in [-0.15, -0.1) is 0 Å². The monoisotopic (exact) mass is 409 g/mol. The van der Waals surface area contributed by atoms with Crippen LogP contribution in [0.4, 0.5) is 14.5 Å². The zero-order chi connectivity index (χ0) is 21.6. The lowest BCUT2D eigenvalue weighted by atomic mass is 10.1. The summed E-state index contributed by atoms with van der Waals surface area (Å²) < 4.78 is 43.4. The fraction of sp³-hybridized carbons (Fsp3) is 0.211. The van der Waals surface area contributed by atoms with Crippen LogP contribution in [-0.2, 0) is 9.47 Å². The number of halogens is 2. The molecule has 0 aromatic heterocycles. The number of nitrogens with one attached hydrogen (secondary N) is 1. The number of methoxy groups -OCH3 is 3. The third-order valence-electron chi connectivity index (χ3n) is 3.74. The van der Waals surface area contributed by atoms with Crippen molar-refractivity contribution in [1.82, 2.24) is 0 Å². The van der Waals surface area contributed by atoms with Gasteiger partial charge in [0, 0.05) is 5.56 Å². The molecule has 2 rings (SSSR count). The lowest BCUT2D eigenvalue weighted by Gasteiger charge is -2.13. The smallest absolute Gasteiger partial charge is 0.387 e. The number of carbonyl (C=O) groups excluding carboxylic acids is 3. The van der Waals surface area contributed by atoms with E-state index in [0.717, 1.165) is 13.2 Å². The molecular formula is C19H17F2NO7. The van der Waals surface area contributed by atoms with Gasteiger partial charge in [-0.3, -0.25) is 4.79 Å². The van der Waals surface area contributed by atoms with Crippen LogP contribution in [0.2, 0.25) is 0 Å². The zero-order valence-corrected chi connectivity index (χ0v) is 15.7. The van der Waals surface area contributed by atoms with Crippen LogP contribution in [0, 0.1) is 0 Å². The Morgan fingerprint density at radius 1 is 0.862 bits per heavy atom. The second-order valence-electron chi connectivity index (χ2n) is 5.44. The molecule has 154 valence electrons. The van der Waals surface area contributed by atoms with E-state index in [1.165, 1.54) is 44.6 Å². The van der Waals surface area contributed by atoms with Crippen molar-refractivity contribution in [1.29, 1.82) is 0 Å². The summed E-state index contributed by atoms with van der Waals surface area (Å²) in [6.07, 6.45) is 0. The molecule has 2 aromatic carbocycles. The highest BCUT2D eigenvalue weighted by Gasteiger charge is 2.19. The minimum Gasteiger partial charge on any atom is -0.493 e. The second kappa shape index (κ2) is 9.49. The SMILES string of the molecule is COC(=O)c1ccc(C(=O)OC)c(NC(=O)c2ccc(OC(F)F)c(OC)c2)c1. The van der Waals surface area contributed by atoms with Crippen molar-refractivity contribution in [3.8, 4) is 11.5 Å². The van der Waals surface area contributed by atoms with Crippen molar-refractivity contribution in [2.45, 2.75) is 6.61 Å². The Kier molecular flexibility index (Phi) is 7.07. The molecule has 0 spiro atoms. The minimum absolute atomic E-state index is 0.00174. The van der Waals surface area contributed by atoms with Crippen molar-refractivity contribution in [2.24, 2.45) is 0 Å². The molecule has 0 aliphatic heterocycles. The maximum absolute atomic E-state index is 12.6. The molecule has 0 fully saturated rings. The first kappa shape index (κ1) is 21.6. The molecule has 0 bridgehead atoms. The summed E-state index contributed by atoms with van der Waals surface area (Å²) in [6, 6.07) is 7.46. The largest absolute Gasteiger partial charge is 0.493 e. The number of ether oxygens (including phenoxy) is 4. The molecule has 0 saturated carbocycles. The van der Waals surface area contributed by atoms with Gasteiger partial charge >= 0.3 is 18.6 Å². The Labute approximate surface area is 164 Å². The average molecular weight is 409 g/mol. The zero-order valence-electron chi connectivity index (χ0n) is 15.7. The first-order valence-corrected chi connectivity index (χ1v) is 8.05. The van der Waals surface area contributed by atoms with Gasteiger partial charge in [-0.1, -0.05) is 0 Å². The topological polar surface area (TPSA) is 100 Å². The standard InChI is InChI=1S/C19H17F2NO7/c1-26-15-9-10(5-7-14(15)29-19(20)21)16(23)22-13-8-11(17(24)27-2)4-6-12(13)18(25)28-3/h4-9,19H,1-3H3,(H,22,23). The predicted octanol–water partition coefficient (Wildman–Crippen LogP) is 3.12. The summed E-state index contributed by atoms with van der Waals surface area (Å²) in [7, 11) is 3.57. The first-order valence-electron chi connectivity index (χ1n) is 8.05. The lowest BCUT2D eigenvalue weighted by molar-refractivity contribution is -0.0512. The van der Waals surface area contributed by atoms with Gasteiger partial charge in [-0.25, -0.2) is 9.59 Å². The molecule has 1 amide bonds. The number of benzene rings is 2. The molecule has 10 heteroatoms. The Morgan fingerprint density at radius 2 is 1.52 bits per heavy atom.